The van der Waals surface area contributed by atoms with Crippen LogP contribution >= 0.6 is 0 Å². The van der Waals surface area contributed by atoms with Gasteiger partial charge in [0, 0.05) is 23.7 Å². The van der Waals surface area contributed by atoms with E-state index in [1.165, 1.54) is 0 Å². The number of rotatable bonds is 7. The Morgan fingerprint density at radius 2 is 1.24 bits per heavy atom. The van der Waals surface area contributed by atoms with E-state index in [2.05, 4.69) is 20.9 Å². The zero-order valence-corrected chi connectivity index (χ0v) is 18.6. The van der Waals surface area contributed by atoms with Gasteiger partial charge in [0.25, 0.3) is 11.8 Å². The second-order valence-electron chi connectivity index (χ2n) is 7.74. The van der Waals surface area contributed by atoms with E-state index in [0.29, 0.717) is 34.0 Å². The molecule has 0 fully saturated rings. The molecule has 8 nitrogen and oxygen atoms in total. The van der Waals surface area contributed by atoms with Crippen molar-refractivity contribution in [3.63, 3.8) is 0 Å². The minimum absolute atomic E-state index is 0.217. The fourth-order valence-electron chi connectivity index (χ4n) is 3.55. The van der Waals surface area contributed by atoms with Crippen LogP contribution in [0.4, 0.5) is 0 Å². The van der Waals surface area contributed by atoms with E-state index < -0.39 is 0 Å². The molecule has 0 radical (unpaired) electrons. The summed E-state index contributed by atoms with van der Waals surface area (Å²) in [5.41, 5.74) is 3.29. The molecule has 2 aromatic carbocycles. The Labute approximate surface area is 191 Å². The largest absolute Gasteiger partial charge is 0.360 e. The average molecular weight is 444 g/mol. The van der Waals surface area contributed by atoms with Gasteiger partial charge in [-0.2, -0.15) is 0 Å². The lowest BCUT2D eigenvalue weighted by Crippen LogP contribution is -2.42. The van der Waals surface area contributed by atoms with Crippen LogP contribution in [0, 0.1) is 13.8 Å². The molecule has 1 atom stereocenters. The molecule has 2 heterocycles. The van der Waals surface area contributed by atoms with Crippen LogP contribution in [0.3, 0.4) is 0 Å². The van der Waals surface area contributed by atoms with Crippen LogP contribution in [0.2, 0.25) is 0 Å². The number of carbonyl (C=O) groups excluding carboxylic acids is 2. The van der Waals surface area contributed by atoms with Gasteiger partial charge < -0.3 is 19.7 Å². The van der Waals surface area contributed by atoms with Gasteiger partial charge in [-0.25, -0.2) is 0 Å². The topological polar surface area (TPSA) is 110 Å². The molecule has 1 unspecified atom stereocenters. The van der Waals surface area contributed by atoms with E-state index in [1.54, 1.807) is 13.8 Å². The maximum atomic E-state index is 12.9. The zero-order chi connectivity index (χ0) is 23.4. The summed E-state index contributed by atoms with van der Waals surface area (Å²) in [6.45, 7) is 5.41. The SMILES string of the molecule is Cc1onc(-c2ccccc2)c1C(=O)NCC(C)NC(=O)c1c(-c2ccccc2)noc1C. The van der Waals surface area contributed by atoms with Crippen molar-refractivity contribution in [3.8, 4) is 22.5 Å². The Hall–Kier alpha value is -4.20. The van der Waals surface area contributed by atoms with Crippen molar-refractivity contribution in [1.82, 2.24) is 20.9 Å². The Bertz CT molecular complexity index is 1260. The monoisotopic (exact) mass is 444 g/mol. The molecular formula is C25H24N4O4. The number of aromatic nitrogens is 2. The number of hydrogen-bond donors (Lipinski definition) is 2. The summed E-state index contributed by atoms with van der Waals surface area (Å²) in [7, 11) is 0. The van der Waals surface area contributed by atoms with Crippen LogP contribution in [0.1, 0.15) is 39.2 Å². The first-order valence-electron chi connectivity index (χ1n) is 10.6. The third kappa shape index (κ3) is 4.69. The maximum Gasteiger partial charge on any atom is 0.257 e. The summed E-state index contributed by atoms with van der Waals surface area (Å²) in [5, 5.41) is 13.8. The molecule has 0 saturated carbocycles. The fraction of sp³-hybridized carbons (Fsp3) is 0.200. The van der Waals surface area contributed by atoms with Gasteiger partial charge in [0.1, 0.15) is 34.0 Å². The standard InChI is InChI=1S/C25H24N4O4/c1-15(27-25(31)21-17(3)33-29-23(21)19-12-8-5-9-13-19)14-26-24(30)20-16(2)32-28-22(20)18-10-6-4-7-11-18/h4-13,15H,14H2,1-3H3,(H,26,30)(H,27,31). The summed E-state index contributed by atoms with van der Waals surface area (Å²) < 4.78 is 10.5. The van der Waals surface area contributed by atoms with E-state index >= 15 is 0 Å². The predicted molar refractivity (Wildman–Crippen MR) is 123 cm³/mol. The van der Waals surface area contributed by atoms with Gasteiger partial charge in [0.05, 0.1) is 0 Å². The Balaban J connectivity index is 1.43. The zero-order valence-electron chi connectivity index (χ0n) is 18.6. The van der Waals surface area contributed by atoms with Gasteiger partial charge >= 0.3 is 0 Å². The highest BCUT2D eigenvalue weighted by Gasteiger charge is 2.24. The third-order valence-electron chi connectivity index (χ3n) is 5.22. The van der Waals surface area contributed by atoms with Crippen LogP contribution in [-0.4, -0.2) is 34.7 Å². The number of amides is 2. The van der Waals surface area contributed by atoms with Gasteiger partial charge in [-0.1, -0.05) is 71.0 Å². The highest BCUT2D eigenvalue weighted by atomic mass is 16.5. The van der Waals surface area contributed by atoms with Gasteiger partial charge in [-0.05, 0) is 20.8 Å². The van der Waals surface area contributed by atoms with Crippen molar-refractivity contribution in [2.45, 2.75) is 26.8 Å². The molecule has 168 valence electrons. The van der Waals surface area contributed by atoms with E-state index in [9.17, 15) is 9.59 Å². The van der Waals surface area contributed by atoms with Crippen LogP contribution in [0.15, 0.2) is 69.7 Å². The van der Waals surface area contributed by atoms with Crippen LogP contribution in [-0.2, 0) is 0 Å². The second kappa shape index (κ2) is 9.52. The average Bonchev–Trinajstić information content (AvgIpc) is 3.41. The van der Waals surface area contributed by atoms with Crippen molar-refractivity contribution in [2.24, 2.45) is 0 Å². The number of hydrogen-bond acceptors (Lipinski definition) is 6. The molecule has 0 spiro atoms. The number of benzene rings is 2. The molecule has 33 heavy (non-hydrogen) atoms. The first kappa shape index (κ1) is 22.0. The summed E-state index contributed by atoms with van der Waals surface area (Å²) in [4.78, 5) is 25.8. The summed E-state index contributed by atoms with van der Waals surface area (Å²) >= 11 is 0. The summed E-state index contributed by atoms with van der Waals surface area (Å²) in [6.07, 6.45) is 0. The molecule has 0 saturated heterocycles. The quantitative estimate of drug-likeness (QED) is 0.443. The van der Waals surface area contributed by atoms with Crippen LogP contribution in [0.25, 0.3) is 22.5 Å². The number of nitrogens with zero attached hydrogens (tertiary/aromatic N) is 2. The Morgan fingerprint density at radius 3 is 1.73 bits per heavy atom. The van der Waals surface area contributed by atoms with Crippen LogP contribution in [0.5, 0.6) is 0 Å². The van der Waals surface area contributed by atoms with E-state index in [4.69, 9.17) is 9.05 Å². The first-order valence-corrected chi connectivity index (χ1v) is 10.6. The normalized spacial score (nSPS) is 11.7. The molecule has 0 bridgehead atoms. The molecule has 4 aromatic rings. The molecule has 4 rings (SSSR count). The predicted octanol–water partition coefficient (Wildman–Crippen LogP) is 4.16. The van der Waals surface area contributed by atoms with Crippen molar-refractivity contribution >= 4 is 11.8 Å². The number of nitrogens with one attached hydrogen (secondary N) is 2. The van der Waals surface area contributed by atoms with Crippen molar-refractivity contribution in [3.05, 3.63) is 83.3 Å². The lowest BCUT2D eigenvalue weighted by atomic mass is 10.1. The number of carbonyl (C=O) groups is 2. The lowest BCUT2D eigenvalue weighted by Gasteiger charge is -2.15. The highest BCUT2D eigenvalue weighted by molar-refractivity contribution is 6.02. The second-order valence-corrected chi connectivity index (χ2v) is 7.74. The third-order valence-corrected chi connectivity index (χ3v) is 5.22. The van der Waals surface area contributed by atoms with Gasteiger partial charge in [-0.15, -0.1) is 0 Å². The van der Waals surface area contributed by atoms with E-state index in [1.807, 2.05) is 67.6 Å². The van der Waals surface area contributed by atoms with Crippen molar-refractivity contribution in [1.29, 1.82) is 0 Å². The molecule has 2 N–H and O–H groups in total. The molecule has 8 heteroatoms. The van der Waals surface area contributed by atoms with E-state index in [0.717, 1.165) is 11.1 Å². The Morgan fingerprint density at radius 1 is 0.788 bits per heavy atom. The minimum Gasteiger partial charge on any atom is -0.360 e. The molecule has 0 aliphatic heterocycles. The van der Waals surface area contributed by atoms with Gasteiger partial charge in [-0.3, -0.25) is 9.59 Å². The molecule has 2 aromatic heterocycles. The first-order chi connectivity index (χ1) is 16.0. The summed E-state index contributed by atoms with van der Waals surface area (Å²) in [6, 6.07) is 18.4. The molecular weight excluding hydrogens is 420 g/mol. The van der Waals surface area contributed by atoms with Gasteiger partial charge in [0.2, 0.25) is 0 Å². The minimum atomic E-state index is -0.347. The van der Waals surface area contributed by atoms with Crippen molar-refractivity contribution < 1.29 is 18.6 Å². The van der Waals surface area contributed by atoms with Gasteiger partial charge in [0.15, 0.2) is 0 Å². The highest BCUT2D eigenvalue weighted by Crippen LogP contribution is 2.26. The molecule has 2 amide bonds. The van der Waals surface area contributed by atoms with Crippen molar-refractivity contribution in [2.75, 3.05) is 6.54 Å². The smallest absolute Gasteiger partial charge is 0.257 e. The number of aryl methyl sites for hydroxylation is 2. The van der Waals surface area contributed by atoms with E-state index in [-0.39, 0.29) is 24.4 Å². The maximum absolute atomic E-state index is 12.9. The molecule has 0 aliphatic rings. The Kier molecular flexibility index (Phi) is 6.35. The fourth-order valence-corrected chi connectivity index (χ4v) is 3.55. The van der Waals surface area contributed by atoms with Crippen LogP contribution < -0.4 is 10.6 Å². The molecule has 0 aliphatic carbocycles. The lowest BCUT2D eigenvalue weighted by molar-refractivity contribution is 0.0911. The summed E-state index contributed by atoms with van der Waals surface area (Å²) in [5.74, 6) is 0.214.